The average molecular weight is 455 g/mol. The highest BCUT2D eigenvalue weighted by atomic mass is 79.9. The number of halogens is 1. The van der Waals surface area contributed by atoms with Crippen LogP contribution in [0.4, 0.5) is 0 Å². The molecular weight excluding hydrogens is 432 g/mol. The number of carbonyl (C=O) groups is 1. The van der Waals surface area contributed by atoms with Crippen molar-refractivity contribution in [3.8, 4) is 0 Å². The first-order valence-electron chi connectivity index (χ1n) is 9.71. The Balaban J connectivity index is 1.76. The second-order valence-electron chi connectivity index (χ2n) is 7.94. The summed E-state index contributed by atoms with van der Waals surface area (Å²) in [5, 5.41) is 0. The molecule has 3 nitrogen and oxygen atoms in total. The molecule has 0 unspecified atom stereocenters. The first kappa shape index (κ1) is 19.5. The Morgan fingerprint density at radius 3 is 2.32 bits per heavy atom. The highest BCUT2D eigenvalue weighted by Gasteiger charge is 2.49. The zero-order valence-electron chi connectivity index (χ0n) is 16.1. The number of amides is 1. The summed E-state index contributed by atoms with van der Waals surface area (Å²) in [6, 6.07) is 15.7. The highest BCUT2D eigenvalue weighted by Crippen LogP contribution is 2.42. The van der Waals surface area contributed by atoms with Crippen LogP contribution in [0.1, 0.15) is 54.1 Å². The minimum Gasteiger partial charge on any atom is -0.271 e. The highest BCUT2D eigenvalue weighted by molar-refractivity contribution is 9.10. The molecule has 2 aliphatic rings. The summed E-state index contributed by atoms with van der Waals surface area (Å²) in [6.45, 7) is 4.29. The van der Waals surface area contributed by atoms with E-state index in [-0.39, 0.29) is 5.91 Å². The predicted molar refractivity (Wildman–Crippen MR) is 121 cm³/mol. The van der Waals surface area contributed by atoms with Gasteiger partial charge in [0.25, 0.3) is 5.91 Å². The van der Waals surface area contributed by atoms with Gasteiger partial charge in [0.2, 0.25) is 0 Å². The fourth-order valence-electron chi connectivity index (χ4n) is 4.06. The fourth-order valence-corrected chi connectivity index (χ4v) is 4.74. The number of aliphatic imine (C=N–C) groups is 1. The molecule has 0 radical (unpaired) electrons. The SMILES string of the molecule is Cc1ccc(C(=O)N2C(=S)C(c3ccc(Br)cc3)=NC23CCC(C)CC3)cc1. The van der Waals surface area contributed by atoms with Gasteiger partial charge in [-0.15, -0.1) is 0 Å². The van der Waals surface area contributed by atoms with E-state index in [4.69, 9.17) is 17.2 Å². The molecule has 4 rings (SSSR count). The van der Waals surface area contributed by atoms with E-state index in [1.165, 1.54) is 0 Å². The summed E-state index contributed by atoms with van der Waals surface area (Å²) in [5.41, 5.74) is 2.98. The molecule has 1 fully saturated rings. The lowest BCUT2D eigenvalue weighted by Crippen LogP contribution is -2.51. The van der Waals surface area contributed by atoms with Gasteiger partial charge in [0.05, 0.1) is 0 Å². The van der Waals surface area contributed by atoms with Crippen LogP contribution in [0.3, 0.4) is 0 Å². The van der Waals surface area contributed by atoms with Crippen LogP contribution in [0.25, 0.3) is 0 Å². The lowest BCUT2D eigenvalue weighted by atomic mass is 9.82. The van der Waals surface area contributed by atoms with E-state index < -0.39 is 5.66 Å². The topological polar surface area (TPSA) is 32.7 Å². The number of carbonyl (C=O) groups excluding carboxylic acids is 1. The molecule has 2 aromatic carbocycles. The van der Waals surface area contributed by atoms with Crippen molar-refractivity contribution in [2.24, 2.45) is 10.9 Å². The minimum atomic E-state index is -0.548. The molecule has 0 aromatic heterocycles. The first-order chi connectivity index (χ1) is 13.4. The van der Waals surface area contributed by atoms with Gasteiger partial charge in [0.15, 0.2) is 0 Å². The zero-order chi connectivity index (χ0) is 19.9. The standard InChI is InChI=1S/C23H23BrN2OS/c1-15-3-5-18(6-4-15)21(27)26-22(28)20(17-7-9-19(24)10-8-17)25-23(26)13-11-16(2)12-14-23/h3-10,16H,11-14H2,1-2H3. The van der Waals surface area contributed by atoms with Crippen LogP contribution in [0.5, 0.6) is 0 Å². The zero-order valence-corrected chi connectivity index (χ0v) is 18.5. The number of thiocarbonyl (C=S) groups is 1. The Kier molecular flexibility index (Phi) is 5.23. The summed E-state index contributed by atoms with van der Waals surface area (Å²) in [4.78, 5) is 21.0. The third-order valence-electron chi connectivity index (χ3n) is 5.84. The lowest BCUT2D eigenvalue weighted by Gasteiger charge is -2.40. The van der Waals surface area contributed by atoms with E-state index >= 15 is 0 Å². The largest absolute Gasteiger partial charge is 0.271 e. The molecule has 1 aliphatic carbocycles. The van der Waals surface area contributed by atoms with Crippen molar-refractivity contribution in [3.63, 3.8) is 0 Å². The average Bonchev–Trinajstić information content (AvgIpc) is 2.97. The monoisotopic (exact) mass is 454 g/mol. The molecule has 144 valence electrons. The third-order valence-corrected chi connectivity index (χ3v) is 6.74. The third kappa shape index (κ3) is 3.46. The summed E-state index contributed by atoms with van der Waals surface area (Å²) >= 11 is 9.30. The van der Waals surface area contributed by atoms with Gasteiger partial charge in [-0.3, -0.25) is 14.7 Å². The van der Waals surface area contributed by atoms with Crippen molar-refractivity contribution in [2.45, 2.75) is 45.2 Å². The van der Waals surface area contributed by atoms with Crippen LogP contribution in [-0.2, 0) is 0 Å². The van der Waals surface area contributed by atoms with Gasteiger partial charge >= 0.3 is 0 Å². The van der Waals surface area contributed by atoms with E-state index in [2.05, 4.69) is 22.9 Å². The molecule has 0 N–H and O–H groups in total. The molecule has 0 atom stereocenters. The predicted octanol–water partition coefficient (Wildman–Crippen LogP) is 5.94. The molecule has 1 saturated carbocycles. The maximum Gasteiger partial charge on any atom is 0.260 e. The summed E-state index contributed by atoms with van der Waals surface area (Å²) in [7, 11) is 0. The molecule has 0 saturated heterocycles. The Bertz CT molecular complexity index is 942. The molecule has 1 amide bonds. The first-order valence-corrected chi connectivity index (χ1v) is 10.9. The molecule has 28 heavy (non-hydrogen) atoms. The lowest BCUT2D eigenvalue weighted by molar-refractivity contribution is 0.0613. The van der Waals surface area contributed by atoms with Crippen LogP contribution in [0.15, 0.2) is 58.0 Å². The fraction of sp³-hybridized carbons (Fsp3) is 0.348. The van der Waals surface area contributed by atoms with E-state index in [1.54, 1.807) is 4.90 Å². The van der Waals surface area contributed by atoms with E-state index in [1.807, 2.05) is 55.5 Å². The quantitative estimate of drug-likeness (QED) is 0.526. The minimum absolute atomic E-state index is 0.0459. The van der Waals surface area contributed by atoms with Crippen LogP contribution in [0.2, 0.25) is 0 Å². The Morgan fingerprint density at radius 2 is 1.71 bits per heavy atom. The second-order valence-corrected chi connectivity index (χ2v) is 9.25. The van der Waals surface area contributed by atoms with Crippen molar-refractivity contribution in [1.82, 2.24) is 4.90 Å². The molecule has 5 heteroatoms. The number of benzene rings is 2. The summed E-state index contributed by atoms with van der Waals surface area (Å²) in [6.07, 6.45) is 3.81. The Morgan fingerprint density at radius 1 is 1.11 bits per heavy atom. The summed E-state index contributed by atoms with van der Waals surface area (Å²) in [5.74, 6) is 0.609. The van der Waals surface area contributed by atoms with Crippen molar-refractivity contribution in [2.75, 3.05) is 0 Å². The van der Waals surface area contributed by atoms with Gasteiger partial charge in [-0.1, -0.05) is 64.9 Å². The molecule has 1 aliphatic heterocycles. The maximum absolute atomic E-state index is 13.5. The van der Waals surface area contributed by atoms with E-state index in [0.29, 0.717) is 16.5 Å². The number of aryl methyl sites for hydroxylation is 1. The van der Waals surface area contributed by atoms with Gasteiger partial charge in [-0.25, -0.2) is 0 Å². The smallest absolute Gasteiger partial charge is 0.260 e. The van der Waals surface area contributed by atoms with Crippen LogP contribution < -0.4 is 0 Å². The number of hydrogen-bond acceptors (Lipinski definition) is 3. The molecule has 2 aromatic rings. The second kappa shape index (κ2) is 7.53. The molecular formula is C23H23BrN2OS. The van der Waals surface area contributed by atoms with E-state index in [0.717, 1.165) is 47.0 Å². The Labute approximate surface area is 180 Å². The molecule has 1 spiro atoms. The number of hydrogen-bond donors (Lipinski definition) is 0. The molecule has 0 bridgehead atoms. The van der Waals surface area contributed by atoms with Gasteiger partial charge < -0.3 is 0 Å². The maximum atomic E-state index is 13.5. The van der Waals surface area contributed by atoms with Gasteiger partial charge in [0.1, 0.15) is 16.4 Å². The van der Waals surface area contributed by atoms with Gasteiger partial charge in [-0.05, 0) is 62.8 Å². The number of rotatable bonds is 2. The summed E-state index contributed by atoms with van der Waals surface area (Å²) < 4.78 is 1.01. The normalized spacial score (nSPS) is 24.5. The van der Waals surface area contributed by atoms with Crippen LogP contribution >= 0.6 is 28.1 Å². The molecule has 1 heterocycles. The van der Waals surface area contributed by atoms with E-state index in [9.17, 15) is 4.79 Å². The van der Waals surface area contributed by atoms with Crippen molar-refractivity contribution in [3.05, 3.63) is 69.7 Å². The van der Waals surface area contributed by atoms with Crippen LogP contribution in [0, 0.1) is 12.8 Å². The Hall–Kier alpha value is -1.85. The van der Waals surface area contributed by atoms with Crippen molar-refractivity contribution < 1.29 is 4.79 Å². The van der Waals surface area contributed by atoms with Crippen LogP contribution in [-0.4, -0.2) is 27.2 Å². The van der Waals surface area contributed by atoms with Crippen molar-refractivity contribution >= 4 is 44.8 Å². The van der Waals surface area contributed by atoms with Gasteiger partial charge in [0, 0.05) is 15.6 Å². The number of nitrogens with zero attached hydrogens (tertiary/aromatic N) is 2. The van der Waals surface area contributed by atoms with Gasteiger partial charge in [-0.2, -0.15) is 0 Å². The van der Waals surface area contributed by atoms with Crippen molar-refractivity contribution in [1.29, 1.82) is 0 Å².